The first-order valence-corrected chi connectivity index (χ1v) is 11.1. The molecule has 1 saturated heterocycles. The highest BCUT2D eigenvalue weighted by atomic mass is 35.5. The zero-order chi connectivity index (χ0) is 19.0. The van der Waals surface area contributed by atoms with Gasteiger partial charge in [-0.3, -0.25) is 4.79 Å². The lowest BCUT2D eigenvalue weighted by Gasteiger charge is -2.17. The molecule has 3 aromatic rings. The highest BCUT2D eigenvalue weighted by Crippen LogP contribution is 2.24. The molecular weight excluding hydrogens is 406 g/mol. The van der Waals surface area contributed by atoms with E-state index in [0.717, 1.165) is 27.7 Å². The summed E-state index contributed by atoms with van der Waals surface area (Å²) in [5.41, 5.74) is 0.924. The molecule has 1 amide bonds. The smallest absolute Gasteiger partial charge is 0.250 e. The number of rotatable bonds is 5. The van der Waals surface area contributed by atoms with Crippen molar-refractivity contribution in [2.24, 2.45) is 0 Å². The summed E-state index contributed by atoms with van der Waals surface area (Å²) in [6, 6.07) is 10.1. The van der Waals surface area contributed by atoms with Crippen molar-refractivity contribution in [1.29, 1.82) is 0 Å². The number of benzene rings is 1. The first-order valence-electron chi connectivity index (χ1n) is 8.32. The third-order valence-electron chi connectivity index (χ3n) is 4.51. The first kappa shape index (κ1) is 18.4. The predicted octanol–water partition coefficient (Wildman–Crippen LogP) is 3.03. The van der Waals surface area contributed by atoms with Gasteiger partial charge in [0.2, 0.25) is 5.91 Å². The summed E-state index contributed by atoms with van der Waals surface area (Å²) in [6.07, 6.45) is 2.10. The third kappa shape index (κ3) is 3.70. The van der Waals surface area contributed by atoms with E-state index in [0.29, 0.717) is 24.7 Å². The van der Waals surface area contributed by atoms with E-state index in [1.54, 1.807) is 22.5 Å². The van der Waals surface area contributed by atoms with E-state index in [2.05, 4.69) is 9.71 Å². The fourth-order valence-electron chi connectivity index (χ4n) is 3.17. The van der Waals surface area contributed by atoms with Crippen LogP contribution in [-0.4, -0.2) is 36.8 Å². The second-order valence-corrected chi connectivity index (χ2v) is 9.56. The van der Waals surface area contributed by atoms with Crippen molar-refractivity contribution < 1.29 is 13.2 Å². The molecule has 4 rings (SSSR count). The molecule has 1 aliphatic rings. The highest BCUT2D eigenvalue weighted by Gasteiger charge is 2.35. The van der Waals surface area contributed by atoms with Gasteiger partial charge >= 0.3 is 0 Å². The van der Waals surface area contributed by atoms with Crippen molar-refractivity contribution >= 4 is 49.6 Å². The van der Waals surface area contributed by atoms with Crippen molar-refractivity contribution in [2.75, 3.05) is 6.54 Å². The number of carbonyl (C=O) groups is 1. The minimum absolute atomic E-state index is 0.213. The van der Waals surface area contributed by atoms with Crippen LogP contribution < -0.4 is 4.72 Å². The van der Waals surface area contributed by atoms with E-state index >= 15 is 0 Å². The van der Waals surface area contributed by atoms with Crippen LogP contribution in [0, 0.1) is 0 Å². The van der Waals surface area contributed by atoms with Crippen molar-refractivity contribution in [1.82, 2.24) is 14.6 Å². The minimum atomic E-state index is -3.67. The number of fused-ring (bicyclic) bond motifs is 1. The number of thiophene rings is 1. The van der Waals surface area contributed by atoms with Gasteiger partial charge in [-0.1, -0.05) is 29.8 Å². The third-order valence-corrected chi connectivity index (χ3v) is 7.68. The Kier molecular flexibility index (Phi) is 4.90. The van der Waals surface area contributed by atoms with Crippen molar-refractivity contribution in [3.8, 4) is 0 Å². The Bertz CT molecular complexity index is 1100. The Morgan fingerprint density at radius 3 is 2.93 bits per heavy atom. The van der Waals surface area contributed by atoms with Crippen LogP contribution in [0.5, 0.6) is 0 Å². The van der Waals surface area contributed by atoms with Gasteiger partial charge in [-0.15, -0.1) is 11.3 Å². The monoisotopic (exact) mass is 421 g/mol. The Balaban J connectivity index is 1.49. The van der Waals surface area contributed by atoms with Gasteiger partial charge in [-0.2, -0.15) is 4.72 Å². The van der Waals surface area contributed by atoms with Crippen LogP contribution in [0.3, 0.4) is 0 Å². The summed E-state index contributed by atoms with van der Waals surface area (Å²) < 4.78 is 27.4. The average molecular weight is 422 g/mol. The number of carbonyl (C=O) groups excluding carboxylic acids is 1. The van der Waals surface area contributed by atoms with Gasteiger partial charge in [-0.05, 0) is 40.9 Å². The number of hydrogen-bond acceptors (Lipinski definition) is 5. The molecule has 0 saturated carbocycles. The van der Waals surface area contributed by atoms with E-state index in [4.69, 9.17) is 11.6 Å². The van der Waals surface area contributed by atoms with Gasteiger partial charge in [0, 0.05) is 24.7 Å². The van der Waals surface area contributed by atoms with Crippen molar-refractivity contribution in [3.05, 3.63) is 58.7 Å². The van der Waals surface area contributed by atoms with E-state index in [-0.39, 0.29) is 10.1 Å². The molecule has 3 heterocycles. The quantitative estimate of drug-likeness (QED) is 0.642. The SMILES string of the molecule is O=C1[C@@H](NS(=O)(=O)c2cccs2)CCN1Cc1ccc2ccnc(Cl)c2c1. The number of halogens is 1. The number of likely N-dealkylation sites (tertiary alicyclic amines) is 1. The molecule has 140 valence electrons. The summed E-state index contributed by atoms with van der Waals surface area (Å²) in [7, 11) is -3.67. The Morgan fingerprint density at radius 1 is 1.30 bits per heavy atom. The summed E-state index contributed by atoms with van der Waals surface area (Å²) in [5.74, 6) is -0.215. The largest absolute Gasteiger partial charge is 0.337 e. The van der Waals surface area contributed by atoms with Crippen LogP contribution in [-0.2, 0) is 21.4 Å². The summed E-state index contributed by atoms with van der Waals surface area (Å²) in [4.78, 5) is 18.4. The number of pyridine rings is 1. The predicted molar refractivity (Wildman–Crippen MR) is 105 cm³/mol. The molecular formula is C18H16ClN3O3S2. The summed E-state index contributed by atoms with van der Waals surface area (Å²) in [5, 5.41) is 3.92. The van der Waals surface area contributed by atoms with Crippen molar-refractivity contribution in [2.45, 2.75) is 23.2 Å². The van der Waals surface area contributed by atoms with E-state index < -0.39 is 16.1 Å². The second-order valence-electron chi connectivity index (χ2n) is 6.31. The molecule has 27 heavy (non-hydrogen) atoms. The Morgan fingerprint density at radius 2 is 2.15 bits per heavy atom. The van der Waals surface area contributed by atoms with Gasteiger partial charge in [0.15, 0.2) is 0 Å². The van der Waals surface area contributed by atoms with Crippen molar-refractivity contribution in [3.63, 3.8) is 0 Å². The molecule has 0 aliphatic carbocycles. The normalized spacial score (nSPS) is 17.7. The zero-order valence-electron chi connectivity index (χ0n) is 14.1. The molecule has 1 aliphatic heterocycles. The average Bonchev–Trinajstić information content (AvgIpc) is 3.29. The molecule has 0 spiro atoms. The van der Waals surface area contributed by atoms with Gasteiger partial charge in [0.25, 0.3) is 10.0 Å². The molecule has 1 aromatic carbocycles. The lowest BCUT2D eigenvalue weighted by molar-refractivity contribution is -0.129. The molecule has 9 heteroatoms. The van der Waals surface area contributed by atoms with Gasteiger partial charge in [0.05, 0.1) is 0 Å². The molecule has 6 nitrogen and oxygen atoms in total. The van der Waals surface area contributed by atoms with Crippen LogP contribution in [0.1, 0.15) is 12.0 Å². The first-order chi connectivity index (χ1) is 12.9. The number of amides is 1. The molecule has 1 fully saturated rings. The fraction of sp³-hybridized carbons (Fsp3) is 0.222. The number of aromatic nitrogens is 1. The van der Waals surface area contributed by atoms with E-state index in [1.165, 1.54) is 6.07 Å². The molecule has 0 radical (unpaired) electrons. The van der Waals surface area contributed by atoms with Gasteiger partial charge < -0.3 is 4.90 Å². The summed E-state index contributed by atoms with van der Waals surface area (Å²) >= 11 is 7.28. The molecule has 0 unspecified atom stereocenters. The van der Waals surface area contributed by atoms with E-state index in [9.17, 15) is 13.2 Å². The molecule has 1 atom stereocenters. The molecule has 1 N–H and O–H groups in total. The minimum Gasteiger partial charge on any atom is -0.337 e. The van der Waals surface area contributed by atoms with Crippen LogP contribution in [0.25, 0.3) is 10.8 Å². The van der Waals surface area contributed by atoms with Crippen LogP contribution in [0.15, 0.2) is 52.2 Å². The maximum absolute atomic E-state index is 12.7. The van der Waals surface area contributed by atoms with Gasteiger partial charge in [-0.25, -0.2) is 13.4 Å². The Labute approximate surface area is 165 Å². The lowest BCUT2D eigenvalue weighted by atomic mass is 10.1. The second kappa shape index (κ2) is 7.20. The number of sulfonamides is 1. The number of hydrogen-bond donors (Lipinski definition) is 1. The highest BCUT2D eigenvalue weighted by molar-refractivity contribution is 7.91. The van der Waals surface area contributed by atoms with E-state index in [1.807, 2.05) is 24.3 Å². The standard InChI is InChI=1S/C18H16ClN3O3S2/c19-17-14-10-12(3-4-13(14)5-7-20-17)11-22-8-6-15(18(22)23)21-27(24,25)16-2-1-9-26-16/h1-5,7,9-10,15,21H,6,8,11H2/t15-/m0/s1. The topological polar surface area (TPSA) is 79.4 Å². The maximum Gasteiger partial charge on any atom is 0.250 e. The van der Waals surface area contributed by atoms with Crippen LogP contribution in [0.4, 0.5) is 0 Å². The number of nitrogens with zero attached hydrogens (tertiary/aromatic N) is 2. The van der Waals surface area contributed by atoms with Crippen LogP contribution in [0.2, 0.25) is 5.15 Å². The fourth-order valence-corrected chi connectivity index (χ4v) is 5.62. The molecule has 2 aromatic heterocycles. The zero-order valence-corrected chi connectivity index (χ0v) is 16.5. The van der Waals surface area contributed by atoms with Crippen LogP contribution >= 0.6 is 22.9 Å². The summed E-state index contributed by atoms with van der Waals surface area (Å²) in [6.45, 7) is 0.895. The molecule has 0 bridgehead atoms. The maximum atomic E-state index is 12.7. The Hall–Kier alpha value is -2.00. The lowest BCUT2D eigenvalue weighted by Crippen LogP contribution is -2.41. The number of nitrogens with one attached hydrogen (secondary N) is 1. The van der Waals surface area contributed by atoms with Gasteiger partial charge in [0.1, 0.15) is 15.4 Å².